The van der Waals surface area contributed by atoms with E-state index in [2.05, 4.69) is 6.92 Å². The minimum absolute atomic E-state index is 0.639. The third kappa shape index (κ3) is 4.75. The summed E-state index contributed by atoms with van der Waals surface area (Å²) in [7, 11) is 1.64. The number of aliphatic hydroxyl groups is 1. The Morgan fingerprint density at radius 2 is 1.62 bits per heavy atom. The molecule has 0 fully saturated rings. The number of hydrogen-bond acceptors (Lipinski definition) is 2. The third-order valence-electron chi connectivity index (χ3n) is 4.49. The fourth-order valence-corrected chi connectivity index (χ4v) is 3.26. The van der Waals surface area contributed by atoms with E-state index in [0.717, 1.165) is 29.7 Å². The normalized spacial score (nSPS) is 13.5. The third-order valence-corrected chi connectivity index (χ3v) is 4.73. The molecule has 1 N–H and O–H groups in total. The molecule has 1 unspecified atom stereocenters. The first-order valence-corrected chi connectivity index (χ1v) is 9.11. The number of methoxy groups -OCH3 is 1. The van der Waals surface area contributed by atoms with E-state index in [1.54, 1.807) is 7.11 Å². The van der Waals surface area contributed by atoms with E-state index >= 15 is 0 Å². The van der Waals surface area contributed by atoms with Crippen LogP contribution in [-0.2, 0) is 5.60 Å². The van der Waals surface area contributed by atoms with Gasteiger partial charge in [-0.15, -0.1) is 0 Å². The van der Waals surface area contributed by atoms with Crippen LogP contribution in [0.2, 0.25) is 5.02 Å². The van der Waals surface area contributed by atoms with Crippen LogP contribution in [0.4, 0.5) is 0 Å². The van der Waals surface area contributed by atoms with Crippen molar-refractivity contribution in [1.82, 2.24) is 0 Å². The number of ether oxygens (including phenoxy) is 1. The summed E-state index contributed by atoms with van der Waals surface area (Å²) in [5, 5.41) is 12.2. The van der Waals surface area contributed by atoms with Crippen molar-refractivity contribution >= 4 is 11.6 Å². The van der Waals surface area contributed by atoms with Crippen LogP contribution in [0.5, 0.6) is 5.75 Å². The molecule has 2 aromatic carbocycles. The van der Waals surface area contributed by atoms with Gasteiger partial charge in [0.2, 0.25) is 0 Å². The molecule has 2 nitrogen and oxygen atoms in total. The van der Waals surface area contributed by atoms with Crippen LogP contribution in [0, 0.1) is 0 Å². The first kappa shape index (κ1) is 18.8. The highest BCUT2D eigenvalue weighted by molar-refractivity contribution is 6.30. The van der Waals surface area contributed by atoms with Crippen LogP contribution in [0.1, 0.15) is 56.6 Å². The summed E-state index contributed by atoms with van der Waals surface area (Å²) >= 11 is 6.16. The standard InChI is InChI=1S/C21H27ClO2/c1-3-4-5-6-7-14-21(23,17-10-8-12-19(22)15-17)18-11-9-13-20(16-18)24-2/h8-13,15-16,23H,3-7,14H2,1-2H3. The van der Waals surface area contributed by atoms with E-state index in [0.29, 0.717) is 11.4 Å². The van der Waals surface area contributed by atoms with E-state index < -0.39 is 5.60 Å². The molecule has 0 radical (unpaired) electrons. The maximum atomic E-state index is 11.5. The summed E-state index contributed by atoms with van der Waals surface area (Å²) in [5.41, 5.74) is 0.629. The fraction of sp³-hybridized carbons (Fsp3) is 0.429. The van der Waals surface area contributed by atoms with Crippen LogP contribution < -0.4 is 4.74 Å². The summed E-state index contributed by atoms with van der Waals surface area (Å²) in [6.07, 6.45) is 6.44. The van der Waals surface area contributed by atoms with Crippen LogP contribution in [-0.4, -0.2) is 12.2 Å². The SMILES string of the molecule is CCCCCCCC(O)(c1cccc(Cl)c1)c1cccc(OC)c1. The Morgan fingerprint density at radius 3 is 2.29 bits per heavy atom. The van der Waals surface area contributed by atoms with Crippen LogP contribution >= 0.6 is 11.6 Å². The van der Waals surface area contributed by atoms with Gasteiger partial charge in [0.25, 0.3) is 0 Å². The topological polar surface area (TPSA) is 29.5 Å². The number of rotatable bonds is 9. The second-order valence-corrected chi connectivity index (χ2v) is 6.70. The van der Waals surface area contributed by atoms with Gasteiger partial charge in [-0.3, -0.25) is 0 Å². The molecule has 0 saturated carbocycles. The predicted molar refractivity (Wildman–Crippen MR) is 101 cm³/mol. The maximum Gasteiger partial charge on any atom is 0.119 e. The van der Waals surface area contributed by atoms with Gasteiger partial charge < -0.3 is 9.84 Å². The highest BCUT2D eigenvalue weighted by Crippen LogP contribution is 2.37. The van der Waals surface area contributed by atoms with Crippen LogP contribution in [0.3, 0.4) is 0 Å². The van der Waals surface area contributed by atoms with Crippen molar-refractivity contribution in [3.05, 3.63) is 64.7 Å². The van der Waals surface area contributed by atoms with Gasteiger partial charge in [0.05, 0.1) is 7.11 Å². The molecule has 0 aliphatic rings. The summed E-state index contributed by atoms with van der Waals surface area (Å²) in [5.74, 6) is 0.749. The lowest BCUT2D eigenvalue weighted by atomic mass is 9.82. The predicted octanol–water partition coefficient (Wildman–Crippen LogP) is 5.95. The van der Waals surface area contributed by atoms with Gasteiger partial charge in [-0.05, 0) is 48.2 Å². The Hall–Kier alpha value is -1.51. The second-order valence-electron chi connectivity index (χ2n) is 6.27. The van der Waals surface area contributed by atoms with Crippen molar-refractivity contribution in [1.29, 1.82) is 0 Å². The minimum atomic E-state index is -1.05. The van der Waals surface area contributed by atoms with E-state index in [1.165, 1.54) is 19.3 Å². The lowest BCUT2D eigenvalue weighted by Gasteiger charge is -2.30. The molecule has 0 bridgehead atoms. The molecule has 0 aliphatic carbocycles. The summed E-state index contributed by atoms with van der Waals surface area (Å²) in [4.78, 5) is 0. The molecule has 130 valence electrons. The van der Waals surface area contributed by atoms with Gasteiger partial charge in [-0.25, -0.2) is 0 Å². The van der Waals surface area contributed by atoms with Gasteiger partial charge in [0, 0.05) is 5.02 Å². The summed E-state index contributed by atoms with van der Waals surface area (Å²) in [6, 6.07) is 15.2. The molecule has 1 atom stereocenters. The fourth-order valence-electron chi connectivity index (χ4n) is 3.07. The number of benzene rings is 2. The lowest BCUT2D eigenvalue weighted by molar-refractivity contribution is 0.0676. The number of hydrogen-bond donors (Lipinski definition) is 1. The van der Waals surface area contributed by atoms with Gasteiger partial charge in [-0.1, -0.05) is 68.5 Å². The van der Waals surface area contributed by atoms with E-state index in [4.69, 9.17) is 16.3 Å². The Bertz CT molecular complexity index is 641. The minimum Gasteiger partial charge on any atom is -0.497 e. The smallest absolute Gasteiger partial charge is 0.119 e. The zero-order valence-corrected chi connectivity index (χ0v) is 15.4. The number of halogens is 1. The Labute approximate surface area is 150 Å². The molecular formula is C21H27ClO2. The van der Waals surface area contributed by atoms with Crippen molar-refractivity contribution in [2.24, 2.45) is 0 Å². The van der Waals surface area contributed by atoms with Crippen molar-refractivity contribution < 1.29 is 9.84 Å². The quantitative estimate of drug-likeness (QED) is 0.569. The Kier molecular flexibility index (Phi) is 7.14. The average Bonchev–Trinajstić information content (AvgIpc) is 2.61. The lowest BCUT2D eigenvalue weighted by Crippen LogP contribution is -2.27. The van der Waals surface area contributed by atoms with Gasteiger partial charge in [0.1, 0.15) is 11.4 Å². The molecule has 0 heterocycles. The molecule has 0 saturated heterocycles. The van der Waals surface area contributed by atoms with Gasteiger partial charge >= 0.3 is 0 Å². The highest BCUT2D eigenvalue weighted by Gasteiger charge is 2.31. The Morgan fingerprint density at radius 1 is 0.958 bits per heavy atom. The molecular weight excluding hydrogens is 320 g/mol. The monoisotopic (exact) mass is 346 g/mol. The van der Waals surface area contributed by atoms with Crippen LogP contribution in [0.15, 0.2) is 48.5 Å². The summed E-state index contributed by atoms with van der Waals surface area (Å²) < 4.78 is 5.33. The molecule has 0 spiro atoms. The first-order valence-electron chi connectivity index (χ1n) is 8.73. The Balaban J connectivity index is 2.29. The van der Waals surface area contributed by atoms with Crippen molar-refractivity contribution in [3.63, 3.8) is 0 Å². The first-order chi connectivity index (χ1) is 11.6. The zero-order chi connectivity index (χ0) is 17.4. The maximum absolute atomic E-state index is 11.5. The molecule has 3 heteroatoms. The highest BCUT2D eigenvalue weighted by atomic mass is 35.5. The number of unbranched alkanes of at least 4 members (excludes halogenated alkanes) is 4. The average molecular weight is 347 g/mol. The van der Waals surface area contributed by atoms with E-state index in [-0.39, 0.29) is 0 Å². The van der Waals surface area contributed by atoms with Crippen LogP contribution in [0.25, 0.3) is 0 Å². The molecule has 0 amide bonds. The van der Waals surface area contributed by atoms with E-state index in [9.17, 15) is 5.11 Å². The molecule has 0 aliphatic heterocycles. The zero-order valence-electron chi connectivity index (χ0n) is 14.6. The largest absolute Gasteiger partial charge is 0.497 e. The van der Waals surface area contributed by atoms with Crippen molar-refractivity contribution in [2.75, 3.05) is 7.11 Å². The van der Waals surface area contributed by atoms with Crippen molar-refractivity contribution in [2.45, 2.75) is 51.0 Å². The van der Waals surface area contributed by atoms with Gasteiger partial charge in [0.15, 0.2) is 0 Å². The second kappa shape index (κ2) is 9.10. The molecule has 24 heavy (non-hydrogen) atoms. The molecule has 0 aromatic heterocycles. The van der Waals surface area contributed by atoms with E-state index in [1.807, 2.05) is 48.5 Å². The molecule has 2 aromatic rings. The summed E-state index contributed by atoms with van der Waals surface area (Å²) in [6.45, 7) is 2.21. The molecule has 2 rings (SSSR count). The van der Waals surface area contributed by atoms with Crippen molar-refractivity contribution in [3.8, 4) is 5.75 Å². The van der Waals surface area contributed by atoms with Gasteiger partial charge in [-0.2, -0.15) is 0 Å².